The maximum atomic E-state index is 6.31. The van der Waals surface area contributed by atoms with Crippen LogP contribution in [0.15, 0.2) is 72.3 Å². The number of H-pyrrole nitrogens is 1. The molecule has 0 unspecified atom stereocenters. The third-order valence-electron chi connectivity index (χ3n) is 5.86. The van der Waals surface area contributed by atoms with Gasteiger partial charge in [0.2, 0.25) is 0 Å². The van der Waals surface area contributed by atoms with Crippen LogP contribution in [0.2, 0.25) is 0 Å². The Bertz CT molecular complexity index is 1590. The molecule has 6 rings (SSSR count). The molecule has 0 saturated carbocycles. The molecule has 0 radical (unpaired) electrons. The molecular weight excluding hydrogens is 364 g/mol. The highest BCUT2D eigenvalue weighted by Crippen LogP contribution is 2.44. The summed E-state index contributed by atoms with van der Waals surface area (Å²) < 4.78 is 2.40. The Morgan fingerprint density at radius 1 is 0.964 bits per heavy atom. The van der Waals surface area contributed by atoms with E-state index in [-0.39, 0.29) is 0 Å². The number of fused-ring (bicyclic) bond motifs is 8. The normalized spacial score (nSPS) is 13.0. The summed E-state index contributed by atoms with van der Waals surface area (Å²) in [4.78, 5) is 3.64. The average molecular weight is 381 g/mol. The van der Waals surface area contributed by atoms with Crippen molar-refractivity contribution in [1.82, 2.24) is 9.38 Å². The second-order valence-corrected chi connectivity index (χ2v) is 7.77. The first-order valence-electron chi connectivity index (χ1n) is 9.37. The van der Waals surface area contributed by atoms with Crippen LogP contribution >= 0.6 is 11.6 Å². The summed E-state index contributed by atoms with van der Waals surface area (Å²) in [5.74, 6) is 0. The molecule has 3 aromatic heterocycles. The lowest BCUT2D eigenvalue weighted by atomic mass is 10.0. The van der Waals surface area contributed by atoms with E-state index in [1.807, 2.05) is 6.08 Å². The summed E-state index contributed by atoms with van der Waals surface area (Å²) in [5, 5.41) is 6.93. The van der Waals surface area contributed by atoms with E-state index < -0.39 is 0 Å². The van der Waals surface area contributed by atoms with Gasteiger partial charge in [0.1, 0.15) is 0 Å². The SMILES string of the molecule is C=C/C(Cl)=C\c1c(C)[nH]c2c1cc1c3ccccc3n3c4ccccc4c2c13. The fourth-order valence-corrected chi connectivity index (χ4v) is 4.81. The van der Waals surface area contributed by atoms with Crippen molar-refractivity contribution in [2.45, 2.75) is 6.92 Å². The van der Waals surface area contributed by atoms with Crippen LogP contribution in [0.4, 0.5) is 0 Å². The Hall–Kier alpha value is -3.23. The van der Waals surface area contributed by atoms with Crippen molar-refractivity contribution in [3.05, 3.63) is 83.5 Å². The third-order valence-corrected chi connectivity index (χ3v) is 6.12. The molecule has 6 aromatic rings. The third kappa shape index (κ3) is 1.83. The van der Waals surface area contributed by atoms with Crippen LogP contribution in [0.25, 0.3) is 55.1 Å². The van der Waals surface area contributed by atoms with Crippen molar-refractivity contribution in [2.24, 2.45) is 0 Å². The number of aromatic amines is 1. The summed E-state index contributed by atoms with van der Waals surface area (Å²) in [6, 6.07) is 19.6. The highest BCUT2D eigenvalue weighted by Gasteiger charge is 2.21. The molecule has 0 fully saturated rings. The van der Waals surface area contributed by atoms with Crippen molar-refractivity contribution in [3.8, 4) is 0 Å². The van der Waals surface area contributed by atoms with E-state index in [9.17, 15) is 0 Å². The number of halogens is 1. The Kier molecular flexibility index (Phi) is 3.05. The van der Waals surface area contributed by atoms with E-state index in [0.29, 0.717) is 5.03 Å². The summed E-state index contributed by atoms with van der Waals surface area (Å²) in [6.07, 6.45) is 3.68. The van der Waals surface area contributed by atoms with Crippen LogP contribution in [0.1, 0.15) is 11.3 Å². The zero-order valence-corrected chi connectivity index (χ0v) is 16.1. The minimum absolute atomic E-state index is 0.642. The van der Waals surface area contributed by atoms with Gasteiger partial charge in [0.25, 0.3) is 0 Å². The first kappa shape index (κ1) is 15.8. The second-order valence-electron chi connectivity index (χ2n) is 7.34. The maximum Gasteiger partial charge on any atom is 0.0641 e. The molecule has 0 saturated heterocycles. The maximum absolute atomic E-state index is 6.31. The Labute approximate surface area is 166 Å². The van der Waals surface area contributed by atoms with E-state index in [0.717, 1.165) is 11.3 Å². The molecule has 3 heterocycles. The van der Waals surface area contributed by atoms with E-state index in [2.05, 4.69) is 77.5 Å². The van der Waals surface area contributed by atoms with Crippen LogP contribution in [-0.2, 0) is 0 Å². The minimum Gasteiger partial charge on any atom is -0.358 e. The van der Waals surface area contributed by atoms with Gasteiger partial charge in [-0.05, 0) is 31.2 Å². The van der Waals surface area contributed by atoms with Gasteiger partial charge in [-0.3, -0.25) is 0 Å². The van der Waals surface area contributed by atoms with E-state index in [1.54, 1.807) is 6.08 Å². The lowest BCUT2D eigenvalue weighted by molar-refractivity contribution is 1.29. The topological polar surface area (TPSA) is 20.2 Å². The van der Waals surface area contributed by atoms with Gasteiger partial charge < -0.3 is 9.38 Å². The fraction of sp³-hybridized carbons (Fsp3) is 0.0400. The highest BCUT2D eigenvalue weighted by molar-refractivity contribution is 6.34. The lowest BCUT2D eigenvalue weighted by Gasteiger charge is -2.00. The number of hydrogen-bond acceptors (Lipinski definition) is 0. The molecule has 2 nitrogen and oxygen atoms in total. The molecule has 0 amide bonds. The number of para-hydroxylation sites is 2. The predicted octanol–water partition coefficient (Wildman–Crippen LogP) is 7.39. The average Bonchev–Trinajstić information content (AvgIpc) is 3.34. The molecule has 0 aliphatic rings. The lowest BCUT2D eigenvalue weighted by Crippen LogP contribution is -1.78. The molecule has 0 aliphatic heterocycles. The molecule has 0 atom stereocenters. The molecule has 3 aromatic carbocycles. The number of allylic oxidation sites excluding steroid dienone is 2. The van der Waals surface area contributed by atoms with Crippen molar-refractivity contribution in [2.75, 3.05) is 0 Å². The van der Waals surface area contributed by atoms with Crippen molar-refractivity contribution >= 4 is 66.7 Å². The molecule has 0 aliphatic carbocycles. The van der Waals surface area contributed by atoms with Crippen molar-refractivity contribution < 1.29 is 0 Å². The van der Waals surface area contributed by atoms with Gasteiger partial charge >= 0.3 is 0 Å². The summed E-state index contributed by atoms with van der Waals surface area (Å²) in [7, 11) is 0. The van der Waals surface area contributed by atoms with E-state index >= 15 is 0 Å². The first-order valence-corrected chi connectivity index (χ1v) is 9.74. The summed E-state index contributed by atoms with van der Waals surface area (Å²) >= 11 is 6.31. The van der Waals surface area contributed by atoms with E-state index in [1.165, 1.54) is 49.0 Å². The summed E-state index contributed by atoms with van der Waals surface area (Å²) in [5.41, 5.74) is 7.16. The fourth-order valence-electron chi connectivity index (χ4n) is 4.70. The van der Waals surface area contributed by atoms with Crippen LogP contribution in [0, 0.1) is 6.92 Å². The quantitative estimate of drug-likeness (QED) is 0.302. The van der Waals surface area contributed by atoms with E-state index in [4.69, 9.17) is 11.6 Å². The van der Waals surface area contributed by atoms with Crippen LogP contribution < -0.4 is 0 Å². The molecule has 0 bridgehead atoms. The van der Waals surface area contributed by atoms with Crippen LogP contribution in [0.5, 0.6) is 0 Å². The monoisotopic (exact) mass is 380 g/mol. The minimum atomic E-state index is 0.642. The molecule has 134 valence electrons. The van der Waals surface area contributed by atoms with Gasteiger partial charge in [0.05, 0.1) is 22.1 Å². The number of aryl methyl sites for hydroxylation is 1. The zero-order valence-electron chi connectivity index (χ0n) is 15.4. The number of benzene rings is 3. The number of hydrogen-bond donors (Lipinski definition) is 1. The Balaban J connectivity index is 1.97. The number of rotatable bonds is 2. The second kappa shape index (κ2) is 5.40. The largest absolute Gasteiger partial charge is 0.358 e. The number of nitrogens with one attached hydrogen (secondary N) is 1. The van der Waals surface area contributed by atoms with Crippen molar-refractivity contribution in [3.63, 3.8) is 0 Å². The highest BCUT2D eigenvalue weighted by atomic mass is 35.5. The number of nitrogens with zero attached hydrogens (tertiary/aromatic N) is 1. The van der Waals surface area contributed by atoms with Gasteiger partial charge in [0, 0.05) is 43.2 Å². The summed E-state index contributed by atoms with van der Waals surface area (Å²) in [6.45, 7) is 5.89. The van der Waals surface area contributed by atoms with Crippen LogP contribution in [-0.4, -0.2) is 9.38 Å². The van der Waals surface area contributed by atoms with Gasteiger partial charge in [0.15, 0.2) is 0 Å². The first-order chi connectivity index (χ1) is 13.7. The van der Waals surface area contributed by atoms with Crippen molar-refractivity contribution in [1.29, 1.82) is 0 Å². The van der Waals surface area contributed by atoms with Gasteiger partial charge in [-0.25, -0.2) is 0 Å². The smallest absolute Gasteiger partial charge is 0.0641 e. The standard InChI is InChI=1S/C25H17ClN2/c1-3-15(26)12-18-14(2)27-24-19(18)13-20-16-8-4-6-10-21(16)28-22-11-7-5-9-17(22)23(24)25(20)28/h3-13,27H,1H2,2H3/b15-12+. The zero-order chi connectivity index (χ0) is 19.0. The number of aromatic nitrogens is 2. The molecule has 28 heavy (non-hydrogen) atoms. The van der Waals surface area contributed by atoms with Gasteiger partial charge in [-0.15, -0.1) is 0 Å². The van der Waals surface area contributed by atoms with Crippen LogP contribution in [0.3, 0.4) is 0 Å². The molecular formula is C25H17ClN2. The Morgan fingerprint density at radius 3 is 2.39 bits per heavy atom. The predicted molar refractivity (Wildman–Crippen MR) is 122 cm³/mol. The molecule has 0 spiro atoms. The molecule has 1 N–H and O–H groups in total. The van der Waals surface area contributed by atoms with Gasteiger partial charge in [-0.2, -0.15) is 0 Å². The molecule has 3 heteroatoms. The Morgan fingerprint density at radius 2 is 1.64 bits per heavy atom. The van der Waals surface area contributed by atoms with Gasteiger partial charge in [-0.1, -0.05) is 60.7 Å².